The summed E-state index contributed by atoms with van der Waals surface area (Å²) < 4.78 is 11.8. The number of aryl methyl sites for hydroxylation is 1. The molecular weight excluding hydrogens is 360 g/mol. The first-order valence-corrected chi connectivity index (χ1v) is 7.93. The molecule has 0 atom stereocenters. The highest BCUT2D eigenvalue weighted by molar-refractivity contribution is 9.10. The molecule has 2 rings (SSSR count). The van der Waals surface area contributed by atoms with E-state index in [2.05, 4.69) is 26.2 Å². The summed E-state index contributed by atoms with van der Waals surface area (Å²) in [6.07, 6.45) is 1.14. The zero-order valence-corrected chi connectivity index (χ0v) is 15.1. The summed E-state index contributed by atoms with van der Waals surface area (Å²) >= 11 is 3.39. The Morgan fingerprint density at radius 1 is 1.26 bits per heavy atom. The van der Waals surface area contributed by atoms with Crippen molar-refractivity contribution in [2.75, 3.05) is 5.32 Å². The van der Waals surface area contributed by atoms with Gasteiger partial charge in [0, 0.05) is 18.0 Å². The first kappa shape index (κ1) is 17.3. The third kappa shape index (κ3) is 5.25. The Bertz CT molecular complexity index is 711. The predicted molar refractivity (Wildman–Crippen MR) is 93.0 cm³/mol. The zero-order chi connectivity index (χ0) is 17.0. The van der Waals surface area contributed by atoms with Crippen LogP contribution in [0.5, 0.6) is 11.6 Å². The van der Waals surface area contributed by atoms with E-state index in [0.29, 0.717) is 17.3 Å². The van der Waals surface area contributed by atoms with E-state index < -0.39 is 11.7 Å². The average molecular weight is 379 g/mol. The smallest absolute Gasteiger partial charge is 0.412 e. The van der Waals surface area contributed by atoms with E-state index in [9.17, 15) is 4.79 Å². The maximum absolute atomic E-state index is 11.8. The Kier molecular flexibility index (Phi) is 5.26. The van der Waals surface area contributed by atoms with Crippen molar-refractivity contribution in [1.82, 2.24) is 4.98 Å². The molecule has 0 bridgehead atoms. The maximum atomic E-state index is 11.8. The van der Waals surface area contributed by atoms with Crippen LogP contribution in [0.4, 0.5) is 10.5 Å². The summed E-state index contributed by atoms with van der Waals surface area (Å²) in [4.78, 5) is 16.0. The molecule has 0 aliphatic heterocycles. The molecule has 0 fully saturated rings. The van der Waals surface area contributed by atoms with E-state index in [4.69, 9.17) is 9.47 Å². The van der Waals surface area contributed by atoms with E-state index >= 15 is 0 Å². The number of benzene rings is 1. The maximum Gasteiger partial charge on any atom is 0.412 e. The fourth-order valence-corrected chi connectivity index (χ4v) is 2.10. The Balaban J connectivity index is 2.16. The van der Waals surface area contributed by atoms with Crippen LogP contribution in [0.15, 0.2) is 41.0 Å². The van der Waals surface area contributed by atoms with E-state index in [1.54, 1.807) is 18.3 Å². The van der Waals surface area contributed by atoms with Crippen LogP contribution >= 0.6 is 15.9 Å². The average Bonchev–Trinajstić information content (AvgIpc) is 2.43. The van der Waals surface area contributed by atoms with Crippen molar-refractivity contribution in [3.05, 3.63) is 46.6 Å². The van der Waals surface area contributed by atoms with Gasteiger partial charge >= 0.3 is 6.09 Å². The van der Waals surface area contributed by atoms with Gasteiger partial charge < -0.3 is 9.47 Å². The number of hydrogen-bond acceptors (Lipinski definition) is 4. The lowest BCUT2D eigenvalue weighted by atomic mass is 10.2. The lowest BCUT2D eigenvalue weighted by Gasteiger charge is -2.20. The summed E-state index contributed by atoms with van der Waals surface area (Å²) in [6, 6.07) is 9.05. The summed E-state index contributed by atoms with van der Waals surface area (Å²) in [5.74, 6) is 1.07. The van der Waals surface area contributed by atoms with Crippen molar-refractivity contribution in [2.45, 2.75) is 33.3 Å². The van der Waals surface area contributed by atoms with Crippen LogP contribution in [0, 0.1) is 6.92 Å². The van der Waals surface area contributed by atoms with Crippen molar-refractivity contribution in [3.8, 4) is 11.6 Å². The molecule has 0 aliphatic rings. The topological polar surface area (TPSA) is 60.5 Å². The molecule has 1 aromatic heterocycles. The number of aromatic nitrogens is 1. The Labute approximate surface area is 144 Å². The van der Waals surface area contributed by atoms with Gasteiger partial charge in [-0.1, -0.05) is 6.07 Å². The molecular formula is C17H19BrN2O3. The number of amides is 1. The monoisotopic (exact) mass is 378 g/mol. The second-order valence-electron chi connectivity index (χ2n) is 6.00. The Hall–Kier alpha value is -2.08. The molecule has 1 heterocycles. The third-order valence-electron chi connectivity index (χ3n) is 2.76. The summed E-state index contributed by atoms with van der Waals surface area (Å²) in [5.41, 5.74) is 0.969. The molecule has 0 saturated carbocycles. The van der Waals surface area contributed by atoms with Crippen LogP contribution in [0.3, 0.4) is 0 Å². The zero-order valence-electron chi connectivity index (χ0n) is 13.5. The number of carbonyl (C=O) groups excluding carboxylic acids is 1. The normalized spacial score (nSPS) is 11.0. The van der Waals surface area contributed by atoms with E-state index in [1.165, 1.54) is 0 Å². The number of rotatable bonds is 3. The Morgan fingerprint density at radius 3 is 2.65 bits per heavy atom. The minimum Gasteiger partial charge on any atom is -0.444 e. The highest BCUT2D eigenvalue weighted by atomic mass is 79.9. The van der Waals surface area contributed by atoms with Gasteiger partial charge in [0.25, 0.3) is 0 Å². The molecule has 0 unspecified atom stereocenters. The van der Waals surface area contributed by atoms with Crippen LogP contribution in [0.1, 0.15) is 26.3 Å². The summed E-state index contributed by atoms with van der Waals surface area (Å²) in [6.45, 7) is 7.36. The molecule has 6 heteroatoms. The molecule has 1 amide bonds. The minimum absolute atomic E-state index is 0.463. The number of ether oxygens (including phenoxy) is 2. The summed E-state index contributed by atoms with van der Waals surface area (Å²) in [7, 11) is 0. The van der Waals surface area contributed by atoms with Crippen LogP contribution in [0.2, 0.25) is 0 Å². The molecule has 0 aliphatic carbocycles. The van der Waals surface area contributed by atoms with Gasteiger partial charge in [0.1, 0.15) is 11.4 Å². The van der Waals surface area contributed by atoms with Gasteiger partial charge in [0.15, 0.2) is 0 Å². The van der Waals surface area contributed by atoms with Crippen molar-refractivity contribution in [1.29, 1.82) is 0 Å². The quantitative estimate of drug-likeness (QED) is 0.787. The number of halogens is 1. The number of anilines is 1. The fourth-order valence-electron chi connectivity index (χ4n) is 1.76. The molecule has 23 heavy (non-hydrogen) atoms. The minimum atomic E-state index is -0.549. The number of nitrogens with one attached hydrogen (secondary N) is 1. The highest BCUT2D eigenvalue weighted by Gasteiger charge is 2.16. The van der Waals surface area contributed by atoms with Gasteiger partial charge in [-0.15, -0.1) is 0 Å². The van der Waals surface area contributed by atoms with E-state index in [0.717, 1.165) is 10.0 Å². The van der Waals surface area contributed by atoms with Crippen molar-refractivity contribution in [2.24, 2.45) is 0 Å². The van der Waals surface area contributed by atoms with Crippen molar-refractivity contribution >= 4 is 27.7 Å². The van der Waals surface area contributed by atoms with Gasteiger partial charge in [-0.05, 0) is 67.4 Å². The highest BCUT2D eigenvalue weighted by Crippen LogP contribution is 2.31. The molecule has 5 nitrogen and oxygen atoms in total. The number of nitrogens with zero attached hydrogens (tertiary/aromatic N) is 1. The lowest BCUT2D eigenvalue weighted by Crippen LogP contribution is -2.27. The standard InChI is InChI=1S/C17H19BrN2O3/c1-11-7-8-12(20-16(21)23-17(2,3)4)10-14(11)22-15-13(18)6-5-9-19-15/h5-10H,1-4H3,(H,20,21). The third-order valence-corrected chi connectivity index (χ3v) is 3.37. The number of carbonyl (C=O) groups is 1. The molecule has 0 spiro atoms. The lowest BCUT2D eigenvalue weighted by molar-refractivity contribution is 0.0636. The number of hydrogen-bond donors (Lipinski definition) is 1. The van der Waals surface area contributed by atoms with Crippen LogP contribution in [-0.4, -0.2) is 16.7 Å². The van der Waals surface area contributed by atoms with Crippen LogP contribution in [-0.2, 0) is 4.74 Å². The SMILES string of the molecule is Cc1ccc(NC(=O)OC(C)(C)C)cc1Oc1ncccc1Br. The molecule has 2 aromatic rings. The van der Waals surface area contributed by atoms with E-state index in [1.807, 2.05) is 45.9 Å². The van der Waals surface area contributed by atoms with Crippen molar-refractivity contribution in [3.63, 3.8) is 0 Å². The second kappa shape index (κ2) is 7.00. The predicted octanol–water partition coefficient (Wildman–Crippen LogP) is 5.29. The van der Waals surface area contributed by atoms with Crippen LogP contribution < -0.4 is 10.1 Å². The van der Waals surface area contributed by atoms with Gasteiger partial charge in [-0.25, -0.2) is 9.78 Å². The van der Waals surface area contributed by atoms with Crippen molar-refractivity contribution < 1.29 is 14.3 Å². The number of pyridine rings is 1. The van der Waals surface area contributed by atoms with E-state index in [-0.39, 0.29) is 0 Å². The van der Waals surface area contributed by atoms with Gasteiger partial charge in [0.05, 0.1) is 4.47 Å². The fraction of sp³-hybridized carbons (Fsp3) is 0.294. The van der Waals surface area contributed by atoms with Gasteiger partial charge in [-0.2, -0.15) is 0 Å². The van der Waals surface area contributed by atoms with Crippen LogP contribution in [0.25, 0.3) is 0 Å². The molecule has 0 saturated heterocycles. The molecule has 1 aromatic carbocycles. The van der Waals surface area contributed by atoms with Gasteiger partial charge in [-0.3, -0.25) is 5.32 Å². The molecule has 0 radical (unpaired) electrons. The molecule has 122 valence electrons. The first-order chi connectivity index (χ1) is 10.7. The van der Waals surface area contributed by atoms with Gasteiger partial charge in [0.2, 0.25) is 5.88 Å². The largest absolute Gasteiger partial charge is 0.444 e. The molecule has 1 N–H and O–H groups in total. The second-order valence-corrected chi connectivity index (χ2v) is 6.85. The first-order valence-electron chi connectivity index (χ1n) is 7.13. The summed E-state index contributed by atoms with van der Waals surface area (Å²) in [5, 5.41) is 2.69. The Morgan fingerprint density at radius 2 is 2.00 bits per heavy atom.